The standard InChI is InChI=1S/C17H26N2/c1-2-11-18-16(13-5-6-13)10-9-15-8-7-14-4-3-12-19-17(14)15/h3-4,12-13,15-16,18H,2,5-11H2,1H3. The fraction of sp³-hybridized carbons (Fsp3) is 0.706. The first-order valence-corrected chi connectivity index (χ1v) is 8.05. The molecule has 3 rings (SSSR count). The Hall–Kier alpha value is -0.890. The minimum absolute atomic E-state index is 0.723. The van der Waals surface area contributed by atoms with Crippen LogP contribution in [0.2, 0.25) is 0 Å². The normalized spacial score (nSPS) is 23.3. The molecule has 104 valence electrons. The summed E-state index contributed by atoms with van der Waals surface area (Å²) in [6.07, 6.45) is 11.3. The molecule has 2 aliphatic rings. The van der Waals surface area contributed by atoms with E-state index in [0.29, 0.717) is 0 Å². The average molecular weight is 258 g/mol. The smallest absolute Gasteiger partial charge is 0.0466 e. The van der Waals surface area contributed by atoms with Gasteiger partial charge in [-0.3, -0.25) is 4.98 Å². The molecule has 2 atom stereocenters. The van der Waals surface area contributed by atoms with Crippen LogP contribution in [0.15, 0.2) is 18.3 Å². The second-order valence-corrected chi connectivity index (χ2v) is 6.26. The molecule has 2 heteroatoms. The predicted molar refractivity (Wildman–Crippen MR) is 79.3 cm³/mol. The van der Waals surface area contributed by atoms with Crippen molar-refractivity contribution in [2.45, 2.75) is 63.8 Å². The van der Waals surface area contributed by atoms with Crippen LogP contribution in [-0.4, -0.2) is 17.6 Å². The van der Waals surface area contributed by atoms with E-state index in [-0.39, 0.29) is 0 Å². The van der Waals surface area contributed by atoms with Crippen LogP contribution >= 0.6 is 0 Å². The number of fused-ring (bicyclic) bond motifs is 1. The summed E-state index contributed by atoms with van der Waals surface area (Å²) in [6, 6.07) is 5.11. The number of hydrogen-bond donors (Lipinski definition) is 1. The highest BCUT2D eigenvalue weighted by atomic mass is 14.9. The van der Waals surface area contributed by atoms with Crippen LogP contribution in [-0.2, 0) is 6.42 Å². The molecular weight excluding hydrogens is 232 g/mol. The molecule has 1 heterocycles. The van der Waals surface area contributed by atoms with Crippen molar-refractivity contribution in [1.82, 2.24) is 10.3 Å². The Balaban J connectivity index is 1.54. The molecule has 2 unspecified atom stereocenters. The summed E-state index contributed by atoms with van der Waals surface area (Å²) >= 11 is 0. The highest BCUT2D eigenvalue weighted by molar-refractivity contribution is 5.28. The van der Waals surface area contributed by atoms with E-state index in [0.717, 1.165) is 17.9 Å². The Labute approximate surface area is 117 Å². The molecule has 19 heavy (non-hydrogen) atoms. The molecule has 1 N–H and O–H groups in total. The second kappa shape index (κ2) is 6.04. The monoisotopic (exact) mass is 258 g/mol. The van der Waals surface area contributed by atoms with Crippen molar-refractivity contribution in [3.63, 3.8) is 0 Å². The summed E-state index contributed by atoms with van der Waals surface area (Å²) in [5.74, 6) is 1.69. The molecule has 1 aromatic rings. The van der Waals surface area contributed by atoms with Crippen molar-refractivity contribution in [2.75, 3.05) is 6.54 Å². The average Bonchev–Trinajstić information content (AvgIpc) is 3.20. The van der Waals surface area contributed by atoms with Crippen LogP contribution in [0.25, 0.3) is 0 Å². The zero-order valence-electron chi connectivity index (χ0n) is 12.1. The third kappa shape index (κ3) is 3.17. The Morgan fingerprint density at radius 2 is 2.26 bits per heavy atom. The van der Waals surface area contributed by atoms with Crippen molar-refractivity contribution in [3.8, 4) is 0 Å². The van der Waals surface area contributed by atoms with E-state index in [2.05, 4.69) is 29.4 Å². The van der Waals surface area contributed by atoms with Crippen molar-refractivity contribution < 1.29 is 0 Å². The number of aryl methyl sites for hydroxylation is 1. The summed E-state index contributed by atoms with van der Waals surface area (Å²) in [6.45, 7) is 3.44. The van der Waals surface area contributed by atoms with Crippen molar-refractivity contribution in [3.05, 3.63) is 29.6 Å². The first-order valence-electron chi connectivity index (χ1n) is 8.05. The van der Waals surface area contributed by atoms with Gasteiger partial charge < -0.3 is 5.32 Å². The van der Waals surface area contributed by atoms with Gasteiger partial charge >= 0.3 is 0 Å². The maximum Gasteiger partial charge on any atom is 0.0466 e. The molecule has 1 fully saturated rings. The van der Waals surface area contributed by atoms with Crippen LogP contribution in [0.5, 0.6) is 0 Å². The summed E-state index contributed by atoms with van der Waals surface area (Å²) in [5.41, 5.74) is 2.89. The van der Waals surface area contributed by atoms with Gasteiger partial charge in [0.2, 0.25) is 0 Å². The highest BCUT2D eigenvalue weighted by Crippen LogP contribution is 2.39. The molecule has 2 aliphatic carbocycles. The van der Waals surface area contributed by atoms with E-state index in [4.69, 9.17) is 0 Å². The molecule has 0 aromatic carbocycles. The third-order valence-electron chi connectivity index (χ3n) is 4.75. The Kier molecular flexibility index (Phi) is 4.17. The minimum Gasteiger partial charge on any atom is -0.314 e. The predicted octanol–water partition coefficient (Wildman–Crippen LogP) is 3.67. The van der Waals surface area contributed by atoms with E-state index in [1.54, 1.807) is 0 Å². The van der Waals surface area contributed by atoms with Crippen LogP contribution in [0.1, 0.15) is 62.6 Å². The van der Waals surface area contributed by atoms with E-state index >= 15 is 0 Å². The molecule has 1 aromatic heterocycles. The van der Waals surface area contributed by atoms with Crippen LogP contribution in [0.4, 0.5) is 0 Å². The van der Waals surface area contributed by atoms with Gasteiger partial charge in [-0.2, -0.15) is 0 Å². The lowest BCUT2D eigenvalue weighted by Gasteiger charge is -2.20. The van der Waals surface area contributed by atoms with Gasteiger partial charge in [0.25, 0.3) is 0 Å². The first kappa shape index (κ1) is 13.1. The summed E-state index contributed by atoms with van der Waals surface area (Å²) in [4.78, 5) is 4.62. The molecule has 2 nitrogen and oxygen atoms in total. The molecule has 0 spiro atoms. The summed E-state index contributed by atoms with van der Waals surface area (Å²) in [7, 11) is 0. The fourth-order valence-corrected chi connectivity index (χ4v) is 3.49. The SMILES string of the molecule is CCCNC(CCC1CCc2cccnc21)C1CC1. The molecule has 0 radical (unpaired) electrons. The summed E-state index contributed by atoms with van der Waals surface area (Å²) in [5, 5.41) is 3.76. The van der Waals surface area contributed by atoms with E-state index in [9.17, 15) is 0 Å². The lowest BCUT2D eigenvalue weighted by atomic mass is 9.95. The quantitative estimate of drug-likeness (QED) is 0.807. The maximum absolute atomic E-state index is 4.62. The van der Waals surface area contributed by atoms with Gasteiger partial charge in [-0.15, -0.1) is 0 Å². The molecule has 0 aliphatic heterocycles. The molecule has 0 bridgehead atoms. The van der Waals surface area contributed by atoms with Gasteiger partial charge in [0, 0.05) is 23.9 Å². The van der Waals surface area contributed by atoms with Crippen LogP contribution in [0, 0.1) is 5.92 Å². The zero-order chi connectivity index (χ0) is 13.1. The van der Waals surface area contributed by atoms with Gasteiger partial charge in [0.1, 0.15) is 0 Å². The van der Waals surface area contributed by atoms with Crippen molar-refractivity contribution in [2.24, 2.45) is 5.92 Å². The van der Waals surface area contributed by atoms with Gasteiger partial charge in [-0.25, -0.2) is 0 Å². The molecule has 1 saturated carbocycles. The lowest BCUT2D eigenvalue weighted by molar-refractivity contribution is 0.405. The molecule has 0 saturated heterocycles. The van der Waals surface area contributed by atoms with Gasteiger partial charge in [0.15, 0.2) is 0 Å². The maximum atomic E-state index is 4.62. The number of rotatable bonds is 7. The van der Waals surface area contributed by atoms with Crippen LogP contribution in [0.3, 0.4) is 0 Å². The van der Waals surface area contributed by atoms with Crippen LogP contribution < -0.4 is 5.32 Å². The fourth-order valence-electron chi connectivity index (χ4n) is 3.49. The largest absolute Gasteiger partial charge is 0.314 e. The van der Waals surface area contributed by atoms with Crippen molar-refractivity contribution >= 4 is 0 Å². The van der Waals surface area contributed by atoms with E-state index < -0.39 is 0 Å². The summed E-state index contributed by atoms with van der Waals surface area (Å²) < 4.78 is 0. The number of nitrogens with one attached hydrogen (secondary N) is 1. The van der Waals surface area contributed by atoms with Crippen molar-refractivity contribution in [1.29, 1.82) is 0 Å². The van der Waals surface area contributed by atoms with Gasteiger partial charge in [-0.1, -0.05) is 13.0 Å². The number of hydrogen-bond acceptors (Lipinski definition) is 2. The third-order valence-corrected chi connectivity index (χ3v) is 4.75. The Morgan fingerprint density at radius 1 is 1.37 bits per heavy atom. The number of nitrogens with zero attached hydrogens (tertiary/aromatic N) is 1. The zero-order valence-corrected chi connectivity index (χ0v) is 12.1. The van der Waals surface area contributed by atoms with E-state index in [1.165, 1.54) is 62.7 Å². The molecular formula is C17H26N2. The second-order valence-electron chi connectivity index (χ2n) is 6.26. The first-order chi connectivity index (χ1) is 9.38. The number of pyridine rings is 1. The Morgan fingerprint density at radius 3 is 3.05 bits per heavy atom. The number of aromatic nitrogens is 1. The van der Waals surface area contributed by atoms with E-state index in [1.807, 2.05) is 6.20 Å². The minimum atomic E-state index is 0.723. The van der Waals surface area contributed by atoms with Gasteiger partial charge in [-0.05, 0) is 69.0 Å². The highest BCUT2D eigenvalue weighted by Gasteiger charge is 2.32. The molecule has 0 amide bonds. The lowest BCUT2D eigenvalue weighted by Crippen LogP contribution is -2.32. The topological polar surface area (TPSA) is 24.9 Å². The van der Waals surface area contributed by atoms with Gasteiger partial charge in [0.05, 0.1) is 0 Å². The Bertz CT molecular complexity index is 411.